The summed E-state index contributed by atoms with van der Waals surface area (Å²) in [5, 5.41) is 49.3. The Morgan fingerprint density at radius 2 is 1.71 bits per heavy atom. The first kappa shape index (κ1) is 20.8. The third-order valence-corrected chi connectivity index (χ3v) is 4.91. The van der Waals surface area contributed by atoms with Gasteiger partial charge in [0.05, 0.1) is 5.39 Å². The van der Waals surface area contributed by atoms with E-state index in [-0.39, 0.29) is 28.0 Å². The number of aromatic hydroxyl groups is 1. The average Bonchev–Trinajstić information content (AvgIpc) is 2.75. The molecular weight excluding hydrogens is 412 g/mol. The zero-order valence-corrected chi connectivity index (χ0v) is 15.8. The van der Waals surface area contributed by atoms with E-state index in [0.29, 0.717) is 0 Å². The second-order valence-corrected chi connectivity index (χ2v) is 6.99. The van der Waals surface area contributed by atoms with Crippen molar-refractivity contribution in [2.24, 2.45) is 0 Å². The largest absolute Gasteiger partial charge is 0.508 e. The van der Waals surface area contributed by atoms with E-state index in [9.17, 15) is 35.1 Å². The van der Waals surface area contributed by atoms with Gasteiger partial charge in [0.15, 0.2) is 11.9 Å². The number of carboxylic acids is 1. The van der Waals surface area contributed by atoms with Crippen molar-refractivity contribution in [3.8, 4) is 22.8 Å². The highest BCUT2D eigenvalue weighted by Crippen LogP contribution is 2.34. The van der Waals surface area contributed by atoms with E-state index in [0.717, 1.165) is 0 Å². The maximum atomic E-state index is 13.1. The van der Waals surface area contributed by atoms with Crippen LogP contribution in [0.2, 0.25) is 0 Å². The number of carboxylic acid groups (broad SMARTS) is 1. The summed E-state index contributed by atoms with van der Waals surface area (Å²) in [5.41, 5.74) is -0.163. The summed E-state index contributed by atoms with van der Waals surface area (Å²) in [6, 6.07) is 12.1. The molecule has 5 N–H and O–H groups in total. The average molecular weight is 430 g/mol. The van der Waals surface area contributed by atoms with Crippen molar-refractivity contribution in [3.63, 3.8) is 0 Å². The molecule has 4 rings (SSSR count). The van der Waals surface area contributed by atoms with Crippen LogP contribution in [0.4, 0.5) is 0 Å². The number of aliphatic hydroxyl groups is 3. The van der Waals surface area contributed by atoms with Crippen LogP contribution in [0.1, 0.15) is 0 Å². The van der Waals surface area contributed by atoms with Crippen LogP contribution in [-0.2, 0) is 9.53 Å². The Morgan fingerprint density at radius 3 is 2.42 bits per heavy atom. The molecule has 0 saturated carbocycles. The monoisotopic (exact) mass is 430 g/mol. The SMILES string of the molecule is O=C(O)[C@H]1OC(Oc2c(-c3cccc(O)c3)oc3ccccc3c2=O)[C@H](O)[C@@H](O)[C@@H]1O. The van der Waals surface area contributed by atoms with Crippen molar-refractivity contribution >= 4 is 16.9 Å². The highest BCUT2D eigenvalue weighted by molar-refractivity contribution is 5.82. The molecule has 1 unspecified atom stereocenters. The maximum absolute atomic E-state index is 13.1. The molecule has 162 valence electrons. The molecule has 1 aliphatic rings. The van der Waals surface area contributed by atoms with Crippen molar-refractivity contribution in [1.82, 2.24) is 0 Å². The van der Waals surface area contributed by atoms with Crippen LogP contribution in [0.3, 0.4) is 0 Å². The molecule has 1 aliphatic heterocycles. The van der Waals surface area contributed by atoms with Gasteiger partial charge in [0, 0.05) is 5.56 Å². The molecule has 1 fully saturated rings. The number of carbonyl (C=O) groups is 1. The van der Waals surface area contributed by atoms with Crippen LogP contribution < -0.4 is 10.2 Å². The summed E-state index contributed by atoms with van der Waals surface area (Å²) >= 11 is 0. The standard InChI is InChI=1S/C21H18O10/c22-10-5-3-4-9(8-10)17-18(13(23)11-6-1-2-7-12(11)29-17)30-21-16(26)14(24)15(25)19(31-21)20(27)28/h1-8,14-16,19,21-22,24-26H,(H,27,28)/t14-,15-,16+,19-,21?/m0/s1. The Kier molecular flexibility index (Phi) is 5.38. The minimum atomic E-state index is -1.91. The fourth-order valence-corrected chi connectivity index (χ4v) is 3.33. The summed E-state index contributed by atoms with van der Waals surface area (Å²) in [6.07, 6.45) is -9.39. The number of hydrogen-bond acceptors (Lipinski definition) is 9. The number of fused-ring (bicyclic) bond motifs is 1. The van der Waals surface area contributed by atoms with Crippen molar-refractivity contribution in [2.75, 3.05) is 0 Å². The molecule has 3 aromatic rings. The fourth-order valence-electron chi connectivity index (χ4n) is 3.33. The lowest BCUT2D eigenvalue weighted by molar-refractivity contribution is -0.271. The number of aliphatic carboxylic acids is 1. The molecule has 0 spiro atoms. The van der Waals surface area contributed by atoms with Crippen molar-refractivity contribution in [1.29, 1.82) is 0 Å². The summed E-state index contributed by atoms with van der Waals surface area (Å²) in [6.45, 7) is 0. The molecule has 0 radical (unpaired) electrons. The van der Waals surface area contributed by atoms with E-state index < -0.39 is 47.9 Å². The lowest BCUT2D eigenvalue weighted by Gasteiger charge is -2.38. The summed E-state index contributed by atoms with van der Waals surface area (Å²) < 4.78 is 16.5. The summed E-state index contributed by atoms with van der Waals surface area (Å²) in [4.78, 5) is 24.5. The third kappa shape index (κ3) is 3.73. The fraction of sp³-hybridized carbons (Fsp3) is 0.238. The highest BCUT2D eigenvalue weighted by Gasteiger charge is 2.48. The topological polar surface area (TPSA) is 167 Å². The summed E-state index contributed by atoms with van der Waals surface area (Å²) in [5.74, 6) is -2.24. The van der Waals surface area contributed by atoms with Gasteiger partial charge < -0.3 is 39.4 Å². The molecule has 0 aliphatic carbocycles. The second-order valence-electron chi connectivity index (χ2n) is 6.99. The predicted octanol–water partition coefficient (Wildman–Crippen LogP) is 0.437. The number of phenols is 1. The van der Waals surface area contributed by atoms with E-state index in [1.54, 1.807) is 18.2 Å². The number of aliphatic hydroxyl groups excluding tert-OH is 3. The van der Waals surface area contributed by atoms with Gasteiger partial charge in [-0.05, 0) is 24.3 Å². The molecule has 5 atom stereocenters. The molecular formula is C21H18O10. The lowest BCUT2D eigenvalue weighted by atomic mass is 9.99. The quantitative estimate of drug-likeness (QED) is 0.392. The minimum Gasteiger partial charge on any atom is -0.508 e. The number of para-hydroxylation sites is 1. The zero-order valence-electron chi connectivity index (χ0n) is 15.8. The Bertz CT molecular complexity index is 1190. The molecule has 1 aromatic heterocycles. The Morgan fingerprint density at radius 1 is 0.968 bits per heavy atom. The molecule has 0 amide bonds. The molecule has 0 bridgehead atoms. The van der Waals surface area contributed by atoms with Gasteiger partial charge in [-0.3, -0.25) is 4.79 Å². The minimum absolute atomic E-state index is 0.108. The van der Waals surface area contributed by atoms with Crippen LogP contribution in [0, 0.1) is 0 Å². The van der Waals surface area contributed by atoms with Gasteiger partial charge in [0.1, 0.15) is 29.6 Å². The Labute approximate surface area is 174 Å². The van der Waals surface area contributed by atoms with Gasteiger partial charge in [-0.1, -0.05) is 24.3 Å². The van der Waals surface area contributed by atoms with Gasteiger partial charge in [0.2, 0.25) is 17.5 Å². The first-order chi connectivity index (χ1) is 14.8. The maximum Gasteiger partial charge on any atom is 0.335 e. The molecule has 2 aromatic carbocycles. The molecule has 10 heteroatoms. The molecule has 10 nitrogen and oxygen atoms in total. The van der Waals surface area contributed by atoms with E-state index >= 15 is 0 Å². The number of rotatable bonds is 4. The van der Waals surface area contributed by atoms with Crippen LogP contribution in [0.5, 0.6) is 11.5 Å². The van der Waals surface area contributed by atoms with Gasteiger partial charge in [-0.25, -0.2) is 4.79 Å². The van der Waals surface area contributed by atoms with Gasteiger partial charge in [-0.2, -0.15) is 0 Å². The predicted molar refractivity (Wildman–Crippen MR) is 105 cm³/mol. The Hall–Kier alpha value is -3.44. The van der Waals surface area contributed by atoms with E-state index in [1.165, 1.54) is 30.3 Å². The number of benzene rings is 2. The zero-order chi connectivity index (χ0) is 22.3. The summed E-state index contributed by atoms with van der Waals surface area (Å²) in [7, 11) is 0. The van der Waals surface area contributed by atoms with Crippen molar-refractivity contribution < 1.29 is 44.2 Å². The number of phenolic OH excluding ortho intramolecular Hbond substituents is 1. The molecule has 1 saturated heterocycles. The number of hydrogen-bond donors (Lipinski definition) is 5. The highest BCUT2D eigenvalue weighted by atomic mass is 16.7. The number of ether oxygens (including phenoxy) is 2. The van der Waals surface area contributed by atoms with Crippen LogP contribution in [-0.4, -0.2) is 62.2 Å². The lowest BCUT2D eigenvalue weighted by Crippen LogP contribution is -2.61. The second kappa shape index (κ2) is 8.00. The Balaban J connectivity index is 1.84. The molecule has 2 heterocycles. The first-order valence-electron chi connectivity index (χ1n) is 9.22. The van der Waals surface area contributed by atoms with Gasteiger partial charge >= 0.3 is 5.97 Å². The normalized spacial score (nSPS) is 26.0. The van der Waals surface area contributed by atoms with E-state index in [4.69, 9.17) is 13.9 Å². The van der Waals surface area contributed by atoms with Gasteiger partial charge in [0.25, 0.3) is 0 Å². The van der Waals surface area contributed by atoms with Crippen molar-refractivity contribution in [2.45, 2.75) is 30.7 Å². The van der Waals surface area contributed by atoms with E-state index in [2.05, 4.69) is 0 Å². The van der Waals surface area contributed by atoms with Crippen LogP contribution in [0.25, 0.3) is 22.3 Å². The smallest absolute Gasteiger partial charge is 0.335 e. The van der Waals surface area contributed by atoms with Crippen LogP contribution in [0.15, 0.2) is 57.7 Å². The van der Waals surface area contributed by atoms with Gasteiger partial charge in [-0.15, -0.1) is 0 Å². The molecule has 31 heavy (non-hydrogen) atoms. The van der Waals surface area contributed by atoms with Crippen molar-refractivity contribution in [3.05, 3.63) is 58.8 Å². The van der Waals surface area contributed by atoms with E-state index in [1.807, 2.05) is 0 Å². The third-order valence-electron chi connectivity index (χ3n) is 4.91. The first-order valence-corrected chi connectivity index (χ1v) is 9.22. The van der Waals surface area contributed by atoms with Crippen LogP contribution >= 0.6 is 0 Å².